The number of aromatic nitrogens is 2. The number of carbonyl (C=O) groups is 1. The number of nitrogens with one attached hydrogen (secondary N) is 1. The fourth-order valence-corrected chi connectivity index (χ4v) is 2.72. The first-order valence-electron chi connectivity index (χ1n) is 8.96. The fraction of sp³-hybridized carbons (Fsp3) is 0.0455. The van der Waals surface area contributed by atoms with Gasteiger partial charge in [0.05, 0.1) is 11.3 Å². The zero-order valence-corrected chi connectivity index (χ0v) is 15.5. The minimum atomic E-state index is -0.748. The fourth-order valence-electron chi connectivity index (χ4n) is 2.72. The second kappa shape index (κ2) is 8.52. The highest BCUT2D eigenvalue weighted by molar-refractivity contribution is 6.06. The van der Waals surface area contributed by atoms with Gasteiger partial charge in [-0.05, 0) is 24.3 Å². The number of ether oxygens (including phenoxy) is 1. The molecule has 4 rings (SSSR count). The maximum atomic E-state index is 13.8. The van der Waals surface area contributed by atoms with Crippen molar-refractivity contribution in [3.63, 3.8) is 0 Å². The van der Waals surface area contributed by atoms with Crippen LogP contribution in [0.4, 0.5) is 14.5 Å². The third kappa shape index (κ3) is 4.33. The van der Waals surface area contributed by atoms with Crippen LogP contribution in [-0.2, 0) is 6.61 Å². The van der Waals surface area contributed by atoms with Crippen LogP contribution in [0.25, 0.3) is 11.4 Å². The Balaban J connectivity index is 1.48. The predicted molar refractivity (Wildman–Crippen MR) is 105 cm³/mol. The highest BCUT2D eigenvalue weighted by atomic mass is 19.1. The lowest BCUT2D eigenvalue weighted by atomic mass is 10.2. The lowest BCUT2D eigenvalue weighted by molar-refractivity contribution is 0.102. The van der Waals surface area contributed by atoms with E-state index in [1.807, 2.05) is 30.3 Å². The molecule has 0 atom stereocenters. The number of rotatable bonds is 6. The van der Waals surface area contributed by atoms with Gasteiger partial charge in [0.25, 0.3) is 11.8 Å². The molecule has 0 spiro atoms. The summed E-state index contributed by atoms with van der Waals surface area (Å²) in [7, 11) is 0. The predicted octanol–water partition coefficient (Wildman–Crippen LogP) is 4.85. The number of hydrogen-bond acceptors (Lipinski definition) is 5. The first-order chi connectivity index (χ1) is 14.6. The van der Waals surface area contributed by atoms with Crippen molar-refractivity contribution < 1.29 is 22.8 Å². The molecular weight excluding hydrogens is 392 g/mol. The standard InChI is InChI=1S/C22H15F2N3O3/c23-15-10-11-17(24)18(12-15)25-22(28)16-8-4-5-9-19(16)29-13-20-26-21(27-30-20)14-6-2-1-3-7-14/h1-12H,13H2,(H,25,28). The van der Waals surface area contributed by atoms with E-state index in [9.17, 15) is 13.6 Å². The van der Waals surface area contributed by atoms with Gasteiger partial charge in [0.1, 0.15) is 17.4 Å². The number of hydrogen-bond donors (Lipinski definition) is 1. The molecule has 0 saturated carbocycles. The highest BCUT2D eigenvalue weighted by Gasteiger charge is 2.16. The molecule has 6 nitrogen and oxygen atoms in total. The van der Waals surface area contributed by atoms with E-state index < -0.39 is 17.5 Å². The van der Waals surface area contributed by atoms with Crippen molar-refractivity contribution in [3.8, 4) is 17.1 Å². The molecule has 0 aliphatic carbocycles. The highest BCUT2D eigenvalue weighted by Crippen LogP contribution is 2.23. The Bertz CT molecular complexity index is 1180. The van der Waals surface area contributed by atoms with E-state index in [1.165, 1.54) is 6.07 Å². The van der Waals surface area contributed by atoms with Crippen LogP contribution in [0.15, 0.2) is 77.3 Å². The molecule has 0 fully saturated rings. The summed E-state index contributed by atoms with van der Waals surface area (Å²) in [5.74, 6) is -1.19. The van der Waals surface area contributed by atoms with Gasteiger partial charge < -0.3 is 14.6 Å². The number of nitrogens with zero attached hydrogens (tertiary/aromatic N) is 2. The van der Waals surface area contributed by atoms with Gasteiger partial charge >= 0.3 is 0 Å². The summed E-state index contributed by atoms with van der Waals surface area (Å²) in [5, 5.41) is 6.25. The van der Waals surface area contributed by atoms with Crippen LogP contribution in [0.3, 0.4) is 0 Å². The van der Waals surface area contributed by atoms with Crippen LogP contribution in [-0.4, -0.2) is 16.0 Å². The van der Waals surface area contributed by atoms with E-state index in [-0.39, 0.29) is 29.5 Å². The van der Waals surface area contributed by atoms with Gasteiger partial charge in [-0.1, -0.05) is 47.6 Å². The van der Waals surface area contributed by atoms with E-state index in [1.54, 1.807) is 18.2 Å². The Morgan fingerprint density at radius 3 is 2.60 bits per heavy atom. The van der Waals surface area contributed by atoms with Gasteiger partial charge in [0.15, 0.2) is 6.61 Å². The molecule has 0 bridgehead atoms. The lowest BCUT2D eigenvalue weighted by Crippen LogP contribution is -2.14. The molecule has 0 unspecified atom stereocenters. The molecule has 4 aromatic rings. The summed E-state index contributed by atoms with van der Waals surface area (Å²) >= 11 is 0. The van der Waals surface area contributed by atoms with Gasteiger partial charge in [0, 0.05) is 11.6 Å². The summed E-state index contributed by atoms with van der Waals surface area (Å²) in [6, 6.07) is 18.5. The minimum Gasteiger partial charge on any atom is -0.483 e. The van der Waals surface area contributed by atoms with E-state index in [0.29, 0.717) is 5.82 Å². The SMILES string of the molecule is O=C(Nc1cc(F)ccc1F)c1ccccc1OCc1nc(-c2ccccc2)no1. The summed E-state index contributed by atoms with van der Waals surface area (Å²) < 4.78 is 38.0. The lowest BCUT2D eigenvalue weighted by Gasteiger charge is -2.11. The zero-order chi connectivity index (χ0) is 20.9. The number of carbonyl (C=O) groups excluding carboxylic acids is 1. The largest absolute Gasteiger partial charge is 0.483 e. The van der Waals surface area contributed by atoms with Crippen molar-refractivity contribution in [2.24, 2.45) is 0 Å². The van der Waals surface area contributed by atoms with E-state index in [2.05, 4.69) is 15.5 Å². The van der Waals surface area contributed by atoms with Crippen LogP contribution in [0, 0.1) is 11.6 Å². The summed E-state index contributed by atoms with van der Waals surface area (Å²) in [4.78, 5) is 16.8. The molecule has 1 heterocycles. The molecule has 0 radical (unpaired) electrons. The quantitative estimate of drug-likeness (QED) is 0.495. The number of amides is 1. The van der Waals surface area contributed by atoms with Crippen LogP contribution >= 0.6 is 0 Å². The second-order valence-electron chi connectivity index (χ2n) is 6.24. The third-order valence-corrected chi connectivity index (χ3v) is 4.16. The number of para-hydroxylation sites is 1. The maximum Gasteiger partial charge on any atom is 0.264 e. The first-order valence-corrected chi connectivity index (χ1v) is 8.96. The first kappa shape index (κ1) is 19.3. The van der Waals surface area contributed by atoms with Crippen LogP contribution in [0.2, 0.25) is 0 Å². The van der Waals surface area contributed by atoms with Gasteiger partial charge in [-0.15, -0.1) is 0 Å². The molecule has 0 aliphatic heterocycles. The molecule has 1 N–H and O–H groups in total. The van der Waals surface area contributed by atoms with Crippen LogP contribution < -0.4 is 10.1 Å². The van der Waals surface area contributed by atoms with Crippen molar-refractivity contribution in [3.05, 3.63) is 95.9 Å². The van der Waals surface area contributed by atoms with E-state index >= 15 is 0 Å². The van der Waals surface area contributed by atoms with Gasteiger partial charge in [0.2, 0.25) is 5.82 Å². The zero-order valence-electron chi connectivity index (χ0n) is 15.5. The monoisotopic (exact) mass is 407 g/mol. The average Bonchev–Trinajstić information content (AvgIpc) is 3.25. The van der Waals surface area contributed by atoms with Crippen molar-refractivity contribution in [2.45, 2.75) is 6.61 Å². The topological polar surface area (TPSA) is 77.2 Å². The van der Waals surface area contributed by atoms with Crippen LogP contribution in [0.1, 0.15) is 16.2 Å². The average molecular weight is 407 g/mol. The summed E-state index contributed by atoms with van der Waals surface area (Å²) in [5.41, 5.74) is 0.674. The summed E-state index contributed by atoms with van der Waals surface area (Å²) in [6.45, 7) is -0.0710. The Labute approximate surface area is 170 Å². The second-order valence-corrected chi connectivity index (χ2v) is 6.24. The molecular formula is C22H15F2N3O3. The molecule has 30 heavy (non-hydrogen) atoms. The van der Waals surface area contributed by atoms with Crippen molar-refractivity contribution in [1.82, 2.24) is 10.1 Å². The van der Waals surface area contributed by atoms with Crippen molar-refractivity contribution in [2.75, 3.05) is 5.32 Å². The Hall–Kier alpha value is -4.07. The molecule has 0 aliphatic rings. The molecule has 0 saturated heterocycles. The normalized spacial score (nSPS) is 10.6. The Morgan fingerprint density at radius 2 is 1.77 bits per heavy atom. The smallest absolute Gasteiger partial charge is 0.264 e. The van der Waals surface area contributed by atoms with E-state index in [4.69, 9.17) is 9.26 Å². The molecule has 1 amide bonds. The summed E-state index contributed by atoms with van der Waals surface area (Å²) in [6.07, 6.45) is 0. The molecule has 150 valence electrons. The Morgan fingerprint density at radius 1 is 1.00 bits per heavy atom. The van der Waals surface area contributed by atoms with E-state index in [0.717, 1.165) is 23.8 Å². The molecule has 8 heteroatoms. The number of halogens is 2. The minimum absolute atomic E-state index is 0.0710. The van der Waals surface area contributed by atoms with Crippen molar-refractivity contribution >= 4 is 11.6 Å². The van der Waals surface area contributed by atoms with Gasteiger partial charge in [-0.2, -0.15) is 4.98 Å². The number of benzene rings is 3. The van der Waals surface area contributed by atoms with Gasteiger partial charge in [-0.25, -0.2) is 8.78 Å². The molecule has 3 aromatic carbocycles. The van der Waals surface area contributed by atoms with Crippen molar-refractivity contribution in [1.29, 1.82) is 0 Å². The molecule has 1 aromatic heterocycles. The maximum absolute atomic E-state index is 13.8. The number of anilines is 1. The Kier molecular flexibility index (Phi) is 5.47. The third-order valence-electron chi connectivity index (χ3n) is 4.16. The van der Waals surface area contributed by atoms with Crippen LogP contribution in [0.5, 0.6) is 5.75 Å². The van der Waals surface area contributed by atoms with Gasteiger partial charge in [-0.3, -0.25) is 4.79 Å².